The molecule has 0 aliphatic carbocycles. The Balaban J connectivity index is 1.27. The maximum absolute atomic E-state index is 13.2. The first-order valence-corrected chi connectivity index (χ1v) is 12.3. The lowest BCUT2D eigenvalue weighted by molar-refractivity contribution is -0.116. The number of anilines is 2. The number of rotatable bonds is 4. The molecule has 5 rings (SSSR count). The molecule has 11 heteroatoms. The van der Waals surface area contributed by atoms with Gasteiger partial charge in [-0.1, -0.05) is 0 Å². The summed E-state index contributed by atoms with van der Waals surface area (Å²) in [5, 5.41) is 15.9. The molecule has 33 heavy (non-hydrogen) atoms. The lowest BCUT2D eigenvalue weighted by atomic mass is 10.0. The predicted octanol–water partition coefficient (Wildman–Crippen LogP) is 1.67. The summed E-state index contributed by atoms with van der Waals surface area (Å²) in [6.07, 6.45) is 0.916. The van der Waals surface area contributed by atoms with E-state index in [1.54, 1.807) is 22.9 Å². The third-order valence-corrected chi connectivity index (χ3v) is 7.93. The van der Waals surface area contributed by atoms with Gasteiger partial charge in [-0.15, -0.1) is 10.2 Å². The van der Waals surface area contributed by atoms with Gasteiger partial charge in [-0.25, -0.2) is 13.1 Å². The number of amides is 1. The highest BCUT2D eigenvalue weighted by molar-refractivity contribution is 7.89. The highest BCUT2D eigenvalue weighted by Crippen LogP contribution is 2.28. The summed E-state index contributed by atoms with van der Waals surface area (Å²) in [5.74, 6) is 1.32. The van der Waals surface area contributed by atoms with E-state index in [9.17, 15) is 13.2 Å². The van der Waals surface area contributed by atoms with Crippen molar-refractivity contribution < 1.29 is 13.2 Å². The van der Waals surface area contributed by atoms with Crippen LogP contribution >= 0.6 is 0 Å². The number of aromatic nitrogens is 4. The SMILES string of the molecule is Cc1cc(C)n(-c2ccc(N3CCN(S(=O)(=O)c4ccc5c(c4)CCC(=O)N5)CC3)nn2)n1. The van der Waals surface area contributed by atoms with Crippen molar-refractivity contribution in [2.75, 3.05) is 36.4 Å². The molecule has 1 N–H and O–H groups in total. The fraction of sp³-hybridized carbons (Fsp3) is 0.364. The molecule has 0 radical (unpaired) electrons. The third-order valence-electron chi connectivity index (χ3n) is 6.04. The molecule has 1 aromatic carbocycles. The van der Waals surface area contributed by atoms with Gasteiger partial charge in [0.05, 0.1) is 10.6 Å². The predicted molar refractivity (Wildman–Crippen MR) is 123 cm³/mol. The zero-order chi connectivity index (χ0) is 23.2. The van der Waals surface area contributed by atoms with Gasteiger partial charge < -0.3 is 10.2 Å². The minimum Gasteiger partial charge on any atom is -0.352 e. The second-order valence-corrected chi connectivity index (χ2v) is 10.3. The number of aryl methyl sites for hydroxylation is 3. The molecule has 0 spiro atoms. The van der Waals surface area contributed by atoms with Crippen LogP contribution in [0.5, 0.6) is 0 Å². The van der Waals surface area contributed by atoms with Crippen LogP contribution in [0.1, 0.15) is 23.4 Å². The van der Waals surface area contributed by atoms with Gasteiger partial charge in [-0.2, -0.15) is 9.40 Å². The summed E-state index contributed by atoms with van der Waals surface area (Å²) in [6.45, 7) is 5.66. The molecule has 0 saturated carbocycles. The quantitative estimate of drug-likeness (QED) is 0.621. The fourth-order valence-electron chi connectivity index (χ4n) is 4.29. The summed E-state index contributed by atoms with van der Waals surface area (Å²) in [5.41, 5.74) is 3.45. The van der Waals surface area contributed by atoms with Crippen LogP contribution in [-0.2, 0) is 21.2 Å². The van der Waals surface area contributed by atoms with Crippen molar-refractivity contribution in [2.45, 2.75) is 31.6 Å². The van der Waals surface area contributed by atoms with Crippen LogP contribution in [0, 0.1) is 13.8 Å². The first-order chi connectivity index (χ1) is 15.8. The Morgan fingerprint density at radius 1 is 0.909 bits per heavy atom. The molecular weight excluding hydrogens is 442 g/mol. The summed E-state index contributed by atoms with van der Waals surface area (Å²) in [7, 11) is -3.61. The molecule has 1 saturated heterocycles. The van der Waals surface area contributed by atoms with Crippen molar-refractivity contribution in [3.8, 4) is 5.82 Å². The van der Waals surface area contributed by atoms with Gasteiger partial charge in [-0.3, -0.25) is 4.79 Å². The number of hydrogen-bond donors (Lipinski definition) is 1. The molecule has 2 aromatic heterocycles. The van der Waals surface area contributed by atoms with Crippen molar-refractivity contribution >= 4 is 27.4 Å². The van der Waals surface area contributed by atoms with Crippen LogP contribution in [0.25, 0.3) is 5.82 Å². The van der Waals surface area contributed by atoms with Gasteiger partial charge >= 0.3 is 0 Å². The summed E-state index contributed by atoms with van der Waals surface area (Å²) < 4.78 is 29.7. The van der Waals surface area contributed by atoms with Crippen LogP contribution in [0.2, 0.25) is 0 Å². The van der Waals surface area contributed by atoms with E-state index in [4.69, 9.17) is 0 Å². The number of nitrogens with one attached hydrogen (secondary N) is 1. The van der Waals surface area contributed by atoms with E-state index in [1.165, 1.54) is 4.31 Å². The molecule has 2 aliphatic heterocycles. The highest BCUT2D eigenvalue weighted by atomic mass is 32.2. The number of piperazine rings is 1. The summed E-state index contributed by atoms with van der Waals surface area (Å²) >= 11 is 0. The first-order valence-electron chi connectivity index (χ1n) is 10.9. The maximum atomic E-state index is 13.2. The molecule has 1 amide bonds. The minimum absolute atomic E-state index is 0.0415. The number of benzene rings is 1. The lowest BCUT2D eigenvalue weighted by Crippen LogP contribution is -2.49. The van der Waals surface area contributed by atoms with E-state index in [2.05, 4.69) is 20.6 Å². The van der Waals surface area contributed by atoms with E-state index in [-0.39, 0.29) is 10.8 Å². The topological polar surface area (TPSA) is 113 Å². The fourth-order valence-corrected chi connectivity index (χ4v) is 5.76. The number of fused-ring (bicyclic) bond motifs is 1. The maximum Gasteiger partial charge on any atom is 0.243 e. The molecule has 0 unspecified atom stereocenters. The van der Waals surface area contributed by atoms with E-state index < -0.39 is 10.0 Å². The minimum atomic E-state index is -3.61. The third kappa shape index (κ3) is 4.09. The van der Waals surface area contributed by atoms with Crippen LogP contribution < -0.4 is 10.2 Å². The van der Waals surface area contributed by atoms with Gasteiger partial charge in [0, 0.05) is 44.0 Å². The van der Waals surface area contributed by atoms with Gasteiger partial charge in [0.15, 0.2) is 11.6 Å². The Morgan fingerprint density at radius 2 is 1.64 bits per heavy atom. The van der Waals surface area contributed by atoms with Crippen LogP contribution in [0.15, 0.2) is 41.3 Å². The number of hydrogen-bond acceptors (Lipinski definition) is 7. The van der Waals surface area contributed by atoms with Crippen molar-refractivity contribution in [1.82, 2.24) is 24.3 Å². The number of nitrogens with zero attached hydrogens (tertiary/aromatic N) is 6. The van der Waals surface area contributed by atoms with Crippen molar-refractivity contribution in [3.63, 3.8) is 0 Å². The molecule has 0 atom stereocenters. The molecule has 3 aromatic rings. The number of sulfonamides is 1. The summed E-state index contributed by atoms with van der Waals surface area (Å²) in [4.78, 5) is 13.9. The first kappa shape index (κ1) is 21.5. The van der Waals surface area contributed by atoms with E-state index in [0.717, 1.165) is 17.0 Å². The number of carbonyl (C=O) groups is 1. The zero-order valence-electron chi connectivity index (χ0n) is 18.5. The largest absolute Gasteiger partial charge is 0.352 e. The molecule has 1 fully saturated rings. The second kappa shape index (κ2) is 8.23. The second-order valence-electron chi connectivity index (χ2n) is 8.35. The van der Waals surface area contributed by atoms with Crippen molar-refractivity contribution in [2.24, 2.45) is 0 Å². The lowest BCUT2D eigenvalue weighted by Gasteiger charge is -2.34. The normalized spacial score (nSPS) is 17.0. The summed E-state index contributed by atoms with van der Waals surface area (Å²) in [6, 6.07) is 10.7. The Kier molecular flexibility index (Phi) is 5.37. The monoisotopic (exact) mass is 467 g/mol. The zero-order valence-corrected chi connectivity index (χ0v) is 19.3. The molecular formula is C22H25N7O3S. The molecule has 10 nitrogen and oxygen atoms in total. The average Bonchev–Trinajstić information content (AvgIpc) is 3.16. The van der Waals surface area contributed by atoms with E-state index in [0.29, 0.717) is 56.3 Å². The van der Waals surface area contributed by atoms with Crippen molar-refractivity contribution in [1.29, 1.82) is 0 Å². The Labute approximate surface area is 192 Å². The highest BCUT2D eigenvalue weighted by Gasteiger charge is 2.30. The number of carbonyl (C=O) groups excluding carboxylic acids is 1. The van der Waals surface area contributed by atoms with Crippen LogP contribution in [0.3, 0.4) is 0 Å². The molecule has 172 valence electrons. The average molecular weight is 468 g/mol. The van der Waals surface area contributed by atoms with Gasteiger partial charge in [0.25, 0.3) is 0 Å². The van der Waals surface area contributed by atoms with Gasteiger partial charge in [-0.05, 0) is 62.2 Å². The Morgan fingerprint density at radius 3 is 2.30 bits per heavy atom. The van der Waals surface area contributed by atoms with Crippen molar-refractivity contribution in [3.05, 3.63) is 53.3 Å². The smallest absolute Gasteiger partial charge is 0.243 e. The molecule has 4 heterocycles. The molecule has 2 aliphatic rings. The van der Waals surface area contributed by atoms with Gasteiger partial charge in [0.1, 0.15) is 0 Å². The van der Waals surface area contributed by atoms with Crippen LogP contribution in [0.4, 0.5) is 11.5 Å². The molecule has 0 bridgehead atoms. The van der Waals surface area contributed by atoms with Gasteiger partial charge in [0.2, 0.25) is 15.9 Å². The Bertz CT molecular complexity index is 1310. The van der Waals surface area contributed by atoms with E-state index >= 15 is 0 Å². The van der Waals surface area contributed by atoms with E-state index in [1.807, 2.05) is 36.9 Å². The Hall–Kier alpha value is -3.31. The van der Waals surface area contributed by atoms with Crippen LogP contribution in [-0.4, -0.2) is 64.8 Å². The standard InChI is InChI=1S/C22H25N7O3S/c1-15-13-16(2)29(26-15)21-7-6-20(24-25-21)27-9-11-28(12-10-27)33(31,32)18-4-5-19-17(14-18)3-8-22(30)23-19/h4-7,13-14H,3,8-12H2,1-2H3,(H,23,30).